The minimum atomic E-state index is -0.245. The van der Waals surface area contributed by atoms with E-state index >= 15 is 0 Å². The van der Waals surface area contributed by atoms with Crippen molar-refractivity contribution in [2.45, 2.75) is 47.1 Å². The normalized spacial score (nSPS) is 26.9. The van der Waals surface area contributed by atoms with E-state index in [1.54, 1.807) is 0 Å². The van der Waals surface area contributed by atoms with Gasteiger partial charge < -0.3 is 10.2 Å². The van der Waals surface area contributed by atoms with Gasteiger partial charge in [-0.1, -0.05) is 34.6 Å². The molecule has 0 aromatic rings. The van der Waals surface area contributed by atoms with Crippen LogP contribution in [-0.4, -0.2) is 36.5 Å². The molecule has 2 atom stereocenters. The molecule has 2 unspecified atom stereocenters. The number of likely N-dealkylation sites (tertiary alicyclic amines) is 1. The lowest BCUT2D eigenvalue weighted by molar-refractivity contribution is -0.141. The number of carbonyl (C=O) groups is 1. The third kappa shape index (κ3) is 3.21. The lowest BCUT2D eigenvalue weighted by atomic mass is 9.89. The van der Waals surface area contributed by atoms with E-state index in [1.807, 2.05) is 25.7 Å². The number of rotatable bonds is 2. The van der Waals surface area contributed by atoms with Crippen LogP contribution in [0, 0.1) is 11.3 Å². The van der Waals surface area contributed by atoms with Crippen molar-refractivity contribution in [3.63, 3.8) is 0 Å². The SMILES string of the molecule is CCNC1CCN(C(=O)C(C)(C)C)CC1C. The standard InChI is InChI=1S/C13H26N2O/c1-6-14-11-7-8-15(9-10(11)2)12(16)13(3,4)5/h10-11,14H,6-9H2,1-5H3. The van der Waals surface area contributed by atoms with Gasteiger partial charge in [-0.15, -0.1) is 0 Å². The predicted octanol–water partition coefficient (Wildman–Crippen LogP) is 1.88. The summed E-state index contributed by atoms with van der Waals surface area (Å²) in [5.41, 5.74) is -0.245. The van der Waals surface area contributed by atoms with E-state index in [9.17, 15) is 4.79 Å². The molecule has 0 radical (unpaired) electrons. The average molecular weight is 226 g/mol. The molecule has 1 saturated heterocycles. The van der Waals surface area contributed by atoms with E-state index < -0.39 is 0 Å². The van der Waals surface area contributed by atoms with Gasteiger partial charge >= 0.3 is 0 Å². The smallest absolute Gasteiger partial charge is 0.227 e. The van der Waals surface area contributed by atoms with Crippen LogP contribution in [0.25, 0.3) is 0 Å². The molecular formula is C13H26N2O. The molecule has 3 nitrogen and oxygen atoms in total. The van der Waals surface area contributed by atoms with E-state index in [4.69, 9.17) is 0 Å². The summed E-state index contributed by atoms with van der Waals surface area (Å²) in [5, 5.41) is 3.49. The molecule has 0 saturated carbocycles. The van der Waals surface area contributed by atoms with Crippen LogP contribution in [-0.2, 0) is 4.79 Å². The first-order valence-electron chi connectivity index (χ1n) is 6.39. The number of nitrogens with zero attached hydrogens (tertiary/aromatic N) is 1. The van der Waals surface area contributed by atoms with Crippen molar-refractivity contribution in [3.8, 4) is 0 Å². The molecule has 1 aliphatic heterocycles. The highest BCUT2D eigenvalue weighted by molar-refractivity contribution is 5.81. The highest BCUT2D eigenvalue weighted by Gasteiger charge is 2.33. The predicted molar refractivity (Wildman–Crippen MR) is 67.3 cm³/mol. The molecule has 0 bridgehead atoms. The fourth-order valence-corrected chi connectivity index (χ4v) is 2.37. The van der Waals surface area contributed by atoms with Crippen LogP contribution in [0.4, 0.5) is 0 Å². The average Bonchev–Trinajstić information content (AvgIpc) is 2.19. The topological polar surface area (TPSA) is 32.3 Å². The van der Waals surface area contributed by atoms with Crippen molar-refractivity contribution in [3.05, 3.63) is 0 Å². The van der Waals surface area contributed by atoms with Gasteiger partial charge in [0.1, 0.15) is 0 Å². The summed E-state index contributed by atoms with van der Waals surface area (Å²) in [4.78, 5) is 14.2. The van der Waals surface area contributed by atoms with Crippen LogP contribution in [0.15, 0.2) is 0 Å². The molecule has 0 aromatic carbocycles. The first-order valence-corrected chi connectivity index (χ1v) is 6.39. The molecule has 1 N–H and O–H groups in total. The Morgan fingerprint density at radius 1 is 1.44 bits per heavy atom. The van der Waals surface area contributed by atoms with Crippen molar-refractivity contribution >= 4 is 5.91 Å². The third-order valence-electron chi connectivity index (χ3n) is 3.30. The number of nitrogens with one attached hydrogen (secondary N) is 1. The van der Waals surface area contributed by atoms with Gasteiger partial charge in [0.25, 0.3) is 0 Å². The Morgan fingerprint density at radius 3 is 2.50 bits per heavy atom. The molecule has 0 aliphatic carbocycles. The monoisotopic (exact) mass is 226 g/mol. The molecule has 0 aromatic heterocycles. The Kier molecular flexibility index (Phi) is 4.36. The maximum atomic E-state index is 12.1. The quantitative estimate of drug-likeness (QED) is 0.779. The molecule has 1 heterocycles. The van der Waals surface area contributed by atoms with Crippen LogP contribution in [0.2, 0.25) is 0 Å². The lowest BCUT2D eigenvalue weighted by Gasteiger charge is -2.39. The van der Waals surface area contributed by atoms with Gasteiger partial charge in [-0.25, -0.2) is 0 Å². The molecule has 1 rings (SSSR count). The minimum absolute atomic E-state index is 0.245. The van der Waals surface area contributed by atoms with Crippen molar-refractivity contribution in [1.82, 2.24) is 10.2 Å². The van der Waals surface area contributed by atoms with Crippen LogP contribution in [0.5, 0.6) is 0 Å². The number of hydrogen-bond acceptors (Lipinski definition) is 2. The summed E-state index contributed by atoms with van der Waals surface area (Å²) in [5.74, 6) is 0.842. The van der Waals surface area contributed by atoms with Gasteiger partial charge in [-0.2, -0.15) is 0 Å². The Labute approximate surface area is 99.6 Å². The van der Waals surface area contributed by atoms with Crippen molar-refractivity contribution in [2.75, 3.05) is 19.6 Å². The molecule has 1 amide bonds. The van der Waals surface area contributed by atoms with E-state index in [0.29, 0.717) is 12.0 Å². The fourth-order valence-electron chi connectivity index (χ4n) is 2.37. The first kappa shape index (κ1) is 13.5. The summed E-state index contributed by atoms with van der Waals surface area (Å²) in [6, 6.07) is 0.578. The Balaban J connectivity index is 2.54. The first-order chi connectivity index (χ1) is 7.36. The summed E-state index contributed by atoms with van der Waals surface area (Å²) in [6.45, 7) is 13.2. The van der Waals surface area contributed by atoms with E-state index in [1.165, 1.54) is 0 Å². The summed E-state index contributed by atoms with van der Waals surface area (Å²) in [7, 11) is 0. The van der Waals surface area contributed by atoms with Gasteiger partial charge in [-0.05, 0) is 18.9 Å². The zero-order valence-corrected chi connectivity index (χ0v) is 11.3. The largest absolute Gasteiger partial charge is 0.342 e. The van der Waals surface area contributed by atoms with Gasteiger partial charge in [0.15, 0.2) is 0 Å². The molecular weight excluding hydrogens is 200 g/mol. The summed E-state index contributed by atoms with van der Waals surface area (Å²) < 4.78 is 0. The summed E-state index contributed by atoms with van der Waals surface area (Å²) >= 11 is 0. The van der Waals surface area contributed by atoms with E-state index in [0.717, 1.165) is 26.1 Å². The van der Waals surface area contributed by atoms with Gasteiger partial charge in [0.2, 0.25) is 5.91 Å². The van der Waals surface area contributed by atoms with Crippen LogP contribution < -0.4 is 5.32 Å². The van der Waals surface area contributed by atoms with Crippen LogP contribution >= 0.6 is 0 Å². The van der Waals surface area contributed by atoms with Gasteiger partial charge in [0, 0.05) is 24.5 Å². The molecule has 3 heteroatoms. The van der Waals surface area contributed by atoms with Crippen molar-refractivity contribution in [2.24, 2.45) is 11.3 Å². The molecule has 0 spiro atoms. The third-order valence-corrected chi connectivity index (χ3v) is 3.30. The van der Waals surface area contributed by atoms with E-state index in [2.05, 4.69) is 19.2 Å². The minimum Gasteiger partial charge on any atom is -0.342 e. The highest BCUT2D eigenvalue weighted by Crippen LogP contribution is 2.23. The summed E-state index contributed by atoms with van der Waals surface area (Å²) in [6.07, 6.45) is 1.08. The Morgan fingerprint density at radius 2 is 2.06 bits per heavy atom. The molecule has 16 heavy (non-hydrogen) atoms. The zero-order valence-electron chi connectivity index (χ0n) is 11.3. The molecule has 1 aliphatic rings. The highest BCUT2D eigenvalue weighted by atomic mass is 16.2. The zero-order chi connectivity index (χ0) is 12.3. The van der Waals surface area contributed by atoms with Crippen molar-refractivity contribution < 1.29 is 4.79 Å². The van der Waals surface area contributed by atoms with Crippen LogP contribution in [0.1, 0.15) is 41.0 Å². The second kappa shape index (κ2) is 5.17. The van der Waals surface area contributed by atoms with E-state index in [-0.39, 0.29) is 11.3 Å². The fraction of sp³-hybridized carbons (Fsp3) is 0.923. The van der Waals surface area contributed by atoms with Crippen molar-refractivity contribution in [1.29, 1.82) is 0 Å². The number of carbonyl (C=O) groups excluding carboxylic acids is 1. The Hall–Kier alpha value is -0.570. The number of amides is 1. The second-order valence-electron chi connectivity index (χ2n) is 5.93. The van der Waals surface area contributed by atoms with Crippen LogP contribution in [0.3, 0.4) is 0 Å². The second-order valence-corrected chi connectivity index (χ2v) is 5.93. The maximum Gasteiger partial charge on any atom is 0.227 e. The number of piperidine rings is 1. The molecule has 1 fully saturated rings. The maximum absolute atomic E-state index is 12.1. The Bertz CT molecular complexity index is 245. The van der Waals surface area contributed by atoms with Gasteiger partial charge in [0.05, 0.1) is 0 Å². The molecule has 94 valence electrons. The van der Waals surface area contributed by atoms with Gasteiger partial charge in [-0.3, -0.25) is 4.79 Å². The number of hydrogen-bond donors (Lipinski definition) is 1. The lowest BCUT2D eigenvalue weighted by Crippen LogP contribution is -2.52.